The maximum absolute atomic E-state index is 5.90. The Balaban J connectivity index is 2.01. The number of nitrogens with one attached hydrogen (secondary N) is 3. The first-order chi connectivity index (χ1) is 10.7. The minimum Gasteiger partial charge on any atom is -0.488 e. The third kappa shape index (κ3) is 4.86. The van der Waals surface area contributed by atoms with E-state index in [-0.39, 0.29) is 0 Å². The first kappa shape index (κ1) is 16.0. The minimum absolute atomic E-state index is 0.523. The van der Waals surface area contributed by atoms with Crippen molar-refractivity contribution in [2.75, 3.05) is 7.05 Å². The number of thiocarbonyl (C=S) groups is 1. The van der Waals surface area contributed by atoms with Crippen LogP contribution in [0.15, 0.2) is 48.5 Å². The molecule has 0 heterocycles. The lowest BCUT2D eigenvalue weighted by Gasteiger charge is -2.08. The van der Waals surface area contributed by atoms with Crippen LogP contribution in [-0.4, -0.2) is 18.4 Å². The topological polar surface area (TPSA) is 47.3 Å². The summed E-state index contributed by atoms with van der Waals surface area (Å²) in [5.41, 5.74) is 6.18. The summed E-state index contributed by atoms with van der Waals surface area (Å²) in [6.45, 7) is 2.61. The second-order valence-corrected chi connectivity index (χ2v) is 5.21. The van der Waals surface area contributed by atoms with E-state index in [0.717, 1.165) is 16.9 Å². The van der Waals surface area contributed by atoms with Crippen molar-refractivity contribution in [2.24, 2.45) is 0 Å². The number of ether oxygens (including phenoxy) is 1. The van der Waals surface area contributed by atoms with Gasteiger partial charge in [-0.05, 0) is 36.8 Å². The fourth-order valence-corrected chi connectivity index (χ4v) is 1.88. The van der Waals surface area contributed by atoms with E-state index < -0.39 is 0 Å². The monoisotopic (exact) mass is 314 g/mol. The number of benzene rings is 2. The van der Waals surface area contributed by atoms with E-state index in [0.29, 0.717) is 11.7 Å². The first-order valence-electron chi connectivity index (χ1n) is 7.03. The number of hydrogen-bond donors (Lipinski definition) is 3. The number of aryl methyl sites for hydroxylation is 1. The average Bonchev–Trinajstić information content (AvgIpc) is 2.55. The molecule has 5 heteroatoms. The molecule has 2 aromatic rings. The van der Waals surface area contributed by atoms with E-state index in [1.165, 1.54) is 5.56 Å². The highest BCUT2D eigenvalue weighted by molar-refractivity contribution is 7.80. The van der Waals surface area contributed by atoms with Crippen molar-refractivity contribution in [3.63, 3.8) is 0 Å². The van der Waals surface area contributed by atoms with Gasteiger partial charge in [-0.1, -0.05) is 42.0 Å². The summed E-state index contributed by atoms with van der Waals surface area (Å²) in [6.07, 6.45) is 1.81. The Morgan fingerprint density at radius 1 is 1.18 bits per heavy atom. The van der Waals surface area contributed by atoms with Gasteiger partial charge in [-0.15, -0.1) is 10.5 Å². The van der Waals surface area contributed by atoms with Gasteiger partial charge in [0.05, 0.1) is 5.56 Å². The first-order valence-corrected chi connectivity index (χ1v) is 7.43. The van der Waals surface area contributed by atoms with Crippen LogP contribution in [0.2, 0.25) is 0 Å². The summed E-state index contributed by atoms with van der Waals surface area (Å²) in [6, 6.07) is 16.2. The summed E-state index contributed by atoms with van der Waals surface area (Å²) in [5.74, 6) is 0.813. The van der Waals surface area contributed by atoms with E-state index >= 15 is 0 Å². The van der Waals surface area contributed by atoms with Crippen LogP contribution in [0.3, 0.4) is 0 Å². The molecule has 0 saturated carbocycles. The number of hydrazone groups is 1. The van der Waals surface area contributed by atoms with Crippen molar-refractivity contribution >= 4 is 23.5 Å². The largest absolute Gasteiger partial charge is 0.488 e. The van der Waals surface area contributed by atoms with Gasteiger partial charge in [0.25, 0.3) is 0 Å². The maximum atomic E-state index is 5.90. The zero-order valence-corrected chi connectivity index (χ0v) is 13.5. The Morgan fingerprint density at radius 3 is 2.64 bits per heavy atom. The zero-order valence-electron chi connectivity index (χ0n) is 12.7. The van der Waals surface area contributed by atoms with Gasteiger partial charge in [0, 0.05) is 7.05 Å². The van der Waals surface area contributed by atoms with Gasteiger partial charge >= 0.3 is 0 Å². The summed E-state index contributed by atoms with van der Waals surface area (Å²) < 4.78 is 5.90. The molecular formula is C17H20N3OS+. The van der Waals surface area contributed by atoms with Crippen molar-refractivity contribution in [2.45, 2.75) is 13.5 Å². The summed E-state index contributed by atoms with van der Waals surface area (Å²) in [7, 11) is 1.76. The van der Waals surface area contributed by atoms with Crippen molar-refractivity contribution in [3.05, 3.63) is 65.2 Å². The predicted octanol–water partition coefficient (Wildman–Crippen LogP) is 1.08. The number of para-hydroxylation sites is 1. The Hall–Kier alpha value is -2.40. The molecule has 0 aromatic heterocycles. The number of hydrogen-bond acceptors (Lipinski definition) is 2. The molecule has 0 aliphatic rings. The van der Waals surface area contributed by atoms with Crippen molar-refractivity contribution in [3.8, 4) is 5.75 Å². The summed E-state index contributed by atoms with van der Waals surface area (Å²) in [5, 5.41) is 6.29. The normalized spacial score (nSPS) is 10.5. The highest BCUT2D eigenvalue weighted by atomic mass is 32.1. The molecule has 4 nitrogen and oxygen atoms in total. The average molecular weight is 314 g/mol. The molecule has 0 aliphatic carbocycles. The Morgan fingerprint density at radius 2 is 1.91 bits per heavy atom. The standard InChI is InChI=1S/C17H19N3OS/c1-13-7-9-14(10-8-13)12-21-16-6-4-3-5-15(16)11-19-20-17(22)18-2/h3-11H,12H2,1-2H3,(H2,18,20,22)/p+1. The van der Waals surface area contributed by atoms with Gasteiger partial charge in [-0.25, -0.2) is 0 Å². The van der Waals surface area contributed by atoms with Crippen molar-refractivity contribution in [1.29, 1.82) is 0 Å². The molecule has 22 heavy (non-hydrogen) atoms. The molecule has 0 amide bonds. The quantitative estimate of drug-likeness (QED) is 0.439. The molecule has 0 unspecified atom stereocenters. The van der Waals surface area contributed by atoms with Gasteiger partial charge in [-0.2, -0.15) is 0 Å². The lowest BCUT2D eigenvalue weighted by atomic mass is 10.1. The van der Waals surface area contributed by atoms with Gasteiger partial charge in [0.1, 0.15) is 12.4 Å². The fraction of sp³-hybridized carbons (Fsp3) is 0.176. The molecule has 2 aromatic carbocycles. The predicted molar refractivity (Wildman–Crippen MR) is 92.9 cm³/mol. The van der Waals surface area contributed by atoms with E-state index in [1.54, 1.807) is 7.05 Å². The molecule has 0 aliphatic heterocycles. The highest BCUT2D eigenvalue weighted by Gasteiger charge is 2.04. The van der Waals surface area contributed by atoms with Gasteiger partial charge < -0.3 is 10.1 Å². The van der Waals surface area contributed by atoms with Gasteiger partial charge in [0.15, 0.2) is 0 Å². The highest BCUT2D eigenvalue weighted by Crippen LogP contribution is 2.17. The molecule has 0 spiro atoms. The Bertz CT molecular complexity index is 653. The van der Waals surface area contributed by atoms with Crippen LogP contribution < -0.4 is 20.6 Å². The van der Waals surface area contributed by atoms with E-state index in [4.69, 9.17) is 17.0 Å². The molecule has 2 rings (SSSR count). The molecule has 3 N–H and O–H groups in total. The lowest BCUT2D eigenvalue weighted by Crippen LogP contribution is -2.82. The van der Waals surface area contributed by atoms with Crippen molar-refractivity contribution < 1.29 is 9.84 Å². The third-order valence-corrected chi connectivity index (χ3v) is 3.38. The molecular weight excluding hydrogens is 294 g/mol. The molecule has 0 radical (unpaired) electrons. The summed E-state index contributed by atoms with van der Waals surface area (Å²) >= 11 is 4.99. The maximum Gasteiger partial charge on any atom is 0.223 e. The third-order valence-electron chi connectivity index (χ3n) is 3.07. The van der Waals surface area contributed by atoms with Gasteiger partial charge in [0.2, 0.25) is 11.3 Å². The smallest absolute Gasteiger partial charge is 0.223 e. The van der Waals surface area contributed by atoms with Crippen LogP contribution in [0.1, 0.15) is 16.7 Å². The van der Waals surface area contributed by atoms with Crippen molar-refractivity contribution in [1.82, 2.24) is 10.7 Å². The lowest BCUT2D eigenvalue weighted by molar-refractivity contribution is -0.500. The molecule has 0 atom stereocenters. The second kappa shape index (κ2) is 8.14. The van der Waals surface area contributed by atoms with E-state index in [1.807, 2.05) is 30.5 Å². The Kier molecular flexibility index (Phi) is 5.91. The molecule has 114 valence electrons. The van der Waals surface area contributed by atoms with Gasteiger partial charge in [-0.3, -0.25) is 0 Å². The fourth-order valence-electron chi connectivity index (χ4n) is 1.82. The number of hydrazine groups is 1. The number of rotatable bonds is 5. The van der Waals surface area contributed by atoms with Crippen LogP contribution >= 0.6 is 12.2 Å². The molecule has 0 fully saturated rings. The molecule has 0 saturated heterocycles. The molecule has 0 bridgehead atoms. The van der Waals surface area contributed by atoms with Crippen LogP contribution in [0, 0.1) is 6.92 Å². The van der Waals surface area contributed by atoms with E-state index in [2.05, 4.69) is 47.0 Å². The zero-order chi connectivity index (χ0) is 15.8. The Labute approximate surface area is 136 Å². The van der Waals surface area contributed by atoms with Crippen LogP contribution in [0.5, 0.6) is 5.75 Å². The van der Waals surface area contributed by atoms with Crippen LogP contribution in [0.4, 0.5) is 0 Å². The van der Waals surface area contributed by atoms with Crippen LogP contribution in [0.25, 0.3) is 0 Å². The van der Waals surface area contributed by atoms with Crippen LogP contribution in [-0.2, 0) is 6.61 Å². The van der Waals surface area contributed by atoms with E-state index in [9.17, 15) is 0 Å². The SMILES string of the molecule is CNC(=S)N[NH+]=Cc1ccccc1OCc1ccc(C)cc1. The second-order valence-electron chi connectivity index (χ2n) is 4.80. The minimum atomic E-state index is 0.523. The summed E-state index contributed by atoms with van der Waals surface area (Å²) in [4.78, 5) is 0.